The lowest BCUT2D eigenvalue weighted by Crippen LogP contribution is -2.39. The Hall–Kier alpha value is -2.35. The van der Waals surface area contributed by atoms with Gasteiger partial charge in [-0.15, -0.1) is 24.0 Å². The zero-order chi connectivity index (χ0) is 20.5. The lowest BCUT2D eigenvalue weighted by Gasteiger charge is -2.20. The minimum absolute atomic E-state index is 0. The van der Waals surface area contributed by atoms with E-state index in [4.69, 9.17) is 4.42 Å². The molecule has 2 N–H and O–H groups in total. The molecular weight excluding hydrogens is 487 g/mol. The van der Waals surface area contributed by atoms with Crippen LogP contribution in [0.4, 0.5) is 0 Å². The number of rotatable bonds is 8. The molecule has 0 amide bonds. The van der Waals surface area contributed by atoms with Gasteiger partial charge in [0.05, 0.1) is 5.69 Å². The van der Waals surface area contributed by atoms with Crippen LogP contribution in [0.5, 0.6) is 0 Å². The van der Waals surface area contributed by atoms with Crippen molar-refractivity contribution in [3.8, 4) is 0 Å². The molecule has 6 heteroatoms. The Kier molecular flexibility index (Phi) is 9.86. The molecule has 30 heavy (non-hydrogen) atoms. The van der Waals surface area contributed by atoms with Gasteiger partial charge in [0.25, 0.3) is 0 Å². The van der Waals surface area contributed by atoms with E-state index in [1.54, 1.807) is 0 Å². The summed E-state index contributed by atoms with van der Waals surface area (Å²) < 4.78 is 5.64. The molecule has 3 aromatic rings. The van der Waals surface area contributed by atoms with E-state index in [0.717, 1.165) is 36.9 Å². The zero-order valence-corrected chi connectivity index (χ0v) is 20.2. The third-order valence-corrected chi connectivity index (χ3v) is 4.90. The van der Waals surface area contributed by atoms with Crippen molar-refractivity contribution in [1.82, 2.24) is 15.6 Å². The third-order valence-electron chi connectivity index (χ3n) is 4.90. The van der Waals surface area contributed by atoms with Crippen molar-refractivity contribution < 1.29 is 4.42 Å². The number of hydrogen-bond donors (Lipinski definition) is 2. The van der Waals surface area contributed by atoms with Crippen molar-refractivity contribution in [3.63, 3.8) is 0 Å². The number of oxazole rings is 1. The summed E-state index contributed by atoms with van der Waals surface area (Å²) in [5, 5.41) is 6.82. The normalized spacial score (nSPS) is 12.2. The minimum Gasteiger partial charge on any atom is -0.444 e. The van der Waals surface area contributed by atoms with Gasteiger partial charge in [0.2, 0.25) is 5.89 Å². The maximum absolute atomic E-state index is 5.64. The first kappa shape index (κ1) is 23.9. The number of halogens is 1. The maximum atomic E-state index is 5.64. The van der Waals surface area contributed by atoms with Crippen LogP contribution < -0.4 is 10.6 Å². The van der Waals surface area contributed by atoms with Crippen molar-refractivity contribution in [1.29, 1.82) is 0 Å². The highest BCUT2D eigenvalue weighted by Crippen LogP contribution is 2.20. The second kappa shape index (κ2) is 12.4. The quantitative estimate of drug-likeness (QED) is 0.251. The summed E-state index contributed by atoms with van der Waals surface area (Å²) in [7, 11) is 0. The fourth-order valence-electron chi connectivity index (χ4n) is 3.25. The van der Waals surface area contributed by atoms with E-state index in [1.807, 2.05) is 13.8 Å². The molecule has 160 valence electrons. The summed E-state index contributed by atoms with van der Waals surface area (Å²) in [6, 6.07) is 21.2. The highest BCUT2D eigenvalue weighted by molar-refractivity contribution is 14.0. The fourth-order valence-corrected chi connectivity index (χ4v) is 3.25. The average Bonchev–Trinajstić information content (AvgIpc) is 3.07. The molecule has 0 saturated heterocycles. The van der Waals surface area contributed by atoms with Gasteiger partial charge < -0.3 is 15.1 Å². The molecule has 1 unspecified atom stereocenters. The molecule has 5 nitrogen and oxygen atoms in total. The highest BCUT2D eigenvalue weighted by atomic mass is 127. The van der Waals surface area contributed by atoms with Crippen LogP contribution in [0.1, 0.15) is 41.3 Å². The molecule has 3 rings (SSSR count). The molecule has 0 aliphatic heterocycles. The Labute approximate surface area is 196 Å². The van der Waals surface area contributed by atoms with Gasteiger partial charge in [-0.25, -0.2) is 9.98 Å². The molecule has 1 heterocycles. The number of nitrogens with zero attached hydrogens (tertiary/aromatic N) is 2. The smallest absolute Gasteiger partial charge is 0.216 e. The van der Waals surface area contributed by atoms with Gasteiger partial charge >= 0.3 is 0 Å². The number of aromatic nitrogens is 1. The van der Waals surface area contributed by atoms with Crippen molar-refractivity contribution in [2.24, 2.45) is 4.99 Å². The van der Waals surface area contributed by atoms with Crippen LogP contribution in [-0.4, -0.2) is 24.0 Å². The first-order valence-electron chi connectivity index (χ1n) is 10.2. The number of guanidine groups is 1. The number of aliphatic imine (C=N–C) groups is 1. The van der Waals surface area contributed by atoms with Crippen LogP contribution >= 0.6 is 24.0 Å². The molecule has 2 aromatic carbocycles. The minimum atomic E-state index is 0. The summed E-state index contributed by atoms with van der Waals surface area (Å²) in [4.78, 5) is 9.06. The molecule has 0 aliphatic rings. The number of aryl methyl sites for hydroxylation is 2. The van der Waals surface area contributed by atoms with Crippen LogP contribution in [0.3, 0.4) is 0 Å². The first-order chi connectivity index (χ1) is 14.2. The standard InChI is InChI=1S/C24H30N4O.HI/c1-4-25-24(27-17-23-28-18(2)19(3)29-23)26-16-22(21-13-9-6-10-14-21)15-20-11-7-5-8-12-20;/h5-14,22H,4,15-17H2,1-3H3,(H2,25,26,27);1H. The lowest BCUT2D eigenvalue weighted by atomic mass is 9.92. The Bertz CT molecular complexity index is 890. The first-order valence-corrected chi connectivity index (χ1v) is 10.2. The highest BCUT2D eigenvalue weighted by Gasteiger charge is 2.13. The Morgan fingerprint density at radius 1 is 1.00 bits per heavy atom. The van der Waals surface area contributed by atoms with E-state index in [2.05, 4.69) is 88.2 Å². The summed E-state index contributed by atoms with van der Waals surface area (Å²) in [5.41, 5.74) is 3.56. The van der Waals surface area contributed by atoms with Gasteiger partial charge in [0.1, 0.15) is 12.3 Å². The Morgan fingerprint density at radius 2 is 1.67 bits per heavy atom. The lowest BCUT2D eigenvalue weighted by molar-refractivity contribution is 0.472. The summed E-state index contributed by atoms with van der Waals surface area (Å²) in [5.74, 6) is 2.60. The van der Waals surface area contributed by atoms with E-state index in [1.165, 1.54) is 11.1 Å². The molecule has 0 fully saturated rings. The third kappa shape index (κ3) is 7.16. The molecule has 0 saturated carbocycles. The van der Waals surface area contributed by atoms with Crippen LogP contribution in [-0.2, 0) is 13.0 Å². The number of benzene rings is 2. The number of hydrogen-bond acceptors (Lipinski definition) is 3. The van der Waals surface area contributed by atoms with Gasteiger partial charge in [0.15, 0.2) is 5.96 Å². The molecule has 0 spiro atoms. The van der Waals surface area contributed by atoms with Gasteiger partial charge in [-0.05, 0) is 38.3 Å². The fraction of sp³-hybridized carbons (Fsp3) is 0.333. The second-order valence-electron chi connectivity index (χ2n) is 7.12. The van der Waals surface area contributed by atoms with Gasteiger partial charge in [-0.3, -0.25) is 0 Å². The van der Waals surface area contributed by atoms with E-state index in [0.29, 0.717) is 18.4 Å². The number of nitrogens with one attached hydrogen (secondary N) is 2. The van der Waals surface area contributed by atoms with E-state index < -0.39 is 0 Å². The largest absolute Gasteiger partial charge is 0.444 e. The van der Waals surface area contributed by atoms with E-state index >= 15 is 0 Å². The average molecular weight is 518 g/mol. The van der Waals surface area contributed by atoms with Crippen molar-refractivity contribution in [3.05, 3.63) is 89.1 Å². The Morgan fingerprint density at radius 3 is 2.27 bits per heavy atom. The van der Waals surface area contributed by atoms with Crippen molar-refractivity contribution in [2.75, 3.05) is 13.1 Å². The molecule has 0 aliphatic carbocycles. The van der Waals surface area contributed by atoms with E-state index in [-0.39, 0.29) is 24.0 Å². The molecule has 0 bridgehead atoms. The predicted molar refractivity (Wildman–Crippen MR) is 134 cm³/mol. The molecule has 0 radical (unpaired) electrons. The maximum Gasteiger partial charge on any atom is 0.216 e. The second-order valence-corrected chi connectivity index (χ2v) is 7.12. The van der Waals surface area contributed by atoms with E-state index in [9.17, 15) is 0 Å². The Balaban J connectivity index is 0.00000320. The van der Waals surface area contributed by atoms with Gasteiger partial charge in [-0.2, -0.15) is 0 Å². The SMILES string of the molecule is CCNC(=NCc1nc(C)c(C)o1)NCC(Cc1ccccc1)c1ccccc1.I. The van der Waals surface area contributed by atoms with Crippen LogP contribution in [0, 0.1) is 13.8 Å². The summed E-state index contributed by atoms with van der Waals surface area (Å²) in [6.45, 7) is 7.93. The van der Waals surface area contributed by atoms with Crippen molar-refractivity contribution >= 4 is 29.9 Å². The summed E-state index contributed by atoms with van der Waals surface area (Å²) >= 11 is 0. The van der Waals surface area contributed by atoms with Gasteiger partial charge in [-0.1, -0.05) is 60.7 Å². The zero-order valence-electron chi connectivity index (χ0n) is 17.9. The summed E-state index contributed by atoms with van der Waals surface area (Å²) in [6.07, 6.45) is 0.968. The molecule has 1 aromatic heterocycles. The monoisotopic (exact) mass is 518 g/mol. The van der Waals surface area contributed by atoms with Crippen LogP contribution in [0.25, 0.3) is 0 Å². The topological polar surface area (TPSA) is 62.5 Å². The van der Waals surface area contributed by atoms with Crippen molar-refractivity contribution in [2.45, 2.75) is 39.7 Å². The van der Waals surface area contributed by atoms with Crippen LogP contribution in [0.2, 0.25) is 0 Å². The van der Waals surface area contributed by atoms with Crippen LogP contribution in [0.15, 0.2) is 70.1 Å². The van der Waals surface area contributed by atoms with Gasteiger partial charge in [0, 0.05) is 19.0 Å². The molecule has 1 atom stereocenters. The predicted octanol–water partition coefficient (Wildman–Crippen LogP) is 4.99. The molecular formula is C24H31IN4O.